The van der Waals surface area contributed by atoms with E-state index in [9.17, 15) is 18.0 Å². The number of nitrogens with one attached hydrogen (secondary N) is 3. The van der Waals surface area contributed by atoms with Gasteiger partial charge in [-0.25, -0.2) is 0 Å². The first-order valence-corrected chi connectivity index (χ1v) is 8.43. The maximum Gasteiger partial charge on any atom is 0.446 e. The van der Waals surface area contributed by atoms with E-state index in [0.717, 1.165) is 5.56 Å². The molecule has 1 aromatic rings. The molecule has 0 spiro atoms. The standard InChI is InChI=1S/C16H19F3N4OS/c1-3-14(24)22-13-9-20-10-15(2,23-13)21-8-11-4-6-12(7-5-11)25-16(17,18)19/h4-7,9-10,21,23H,3,8H2,1-2H3,(H,22,24). The quantitative estimate of drug-likeness (QED) is 0.672. The average molecular weight is 372 g/mol. The maximum atomic E-state index is 12.3. The number of aliphatic imine (C=N–C) groups is 1. The van der Waals surface area contributed by atoms with E-state index < -0.39 is 11.2 Å². The highest BCUT2D eigenvalue weighted by molar-refractivity contribution is 8.00. The normalized spacial score (nSPS) is 20.0. The van der Waals surface area contributed by atoms with Crippen molar-refractivity contribution in [3.05, 3.63) is 41.8 Å². The van der Waals surface area contributed by atoms with Gasteiger partial charge in [-0.05, 0) is 36.4 Å². The molecule has 9 heteroatoms. The van der Waals surface area contributed by atoms with Crippen molar-refractivity contribution in [1.29, 1.82) is 0 Å². The molecule has 136 valence electrons. The fourth-order valence-electron chi connectivity index (χ4n) is 2.09. The molecule has 1 heterocycles. The Morgan fingerprint density at radius 2 is 2.00 bits per heavy atom. The summed E-state index contributed by atoms with van der Waals surface area (Å²) in [4.78, 5) is 15.7. The van der Waals surface area contributed by atoms with Gasteiger partial charge in [-0.3, -0.25) is 15.1 Å². The van der Waals surface area contributed by atoms with Crippen LogP contribution in [-0.4, -0.2) is 23.3 Å². The third-order valence-electron chi connectivity index (χ3n) is 3.34. The number of hydrogen-bond donors (Lipinski definition) is 3. The lowest BCUT2D eigenvalue weighted by molar-refractivity contribution is -0.120. The molecule has 25 heavy (non-hydrogen) atoms. The number of hydrogen-bond acceptors (Lipinski definition) is 5. The van der Waals surface area contributed by atoms with E-state index in [4.69, 9.17) is 0 Å². The van der Waals surface area contributed by atoms with Gasteiger partial charge >= 0.3 is 5.51 Å². The molecule has 0 fully saturated rings. The number of benzene rings is 1. The number of amides is 1. The monoisotopic (exact) mass is 372 g/mol. The minimum absolute atomic E-state index is 0.129. The van der Waals surface area contributed by atoms with Crippen molar-refractivity contribution in [1.82, 2.24) is 16.0 Å². The van der Waals surface area contributed by atoms with E-state index in [1.54, 1.807) is 25.3 Å². The molecule has 1 aromatic carbocycles. The van der Waals surface area contributed by atoms with E-state index in [2.05, 4.69) is 20.9 Å². The van der Waals surface area contributed by atoms with Crippen molar-refractivity contribution in [2.24, 2.45) is 4.99 Å². The predicted molar refractivity (Wildman–Crippen MR) is 91.7 cm³/mol. The highest BCUT2D eigenvalue weighted by Gasteiger charge is 2.29. The molecule has 0 saturated heterocycles. The Morgan fingerprint density at radius 1 is 1.32 bits per heavy atom. The first-order chi connectivity index (χ1) is 11.7. The molecular weight excluding hydrogens is 353 g/mol. The van der Waals surface area contributed by atoms with E-state index in [1.165, 1.54) is 18.3 Å². The SMILES string of the molecule is CCC(=O)NC1=CN=CC(C)(NCc2ccc(SC(F)(F)F)cc2)N1. The zero-order valence-electron chi connectivity index (χ0n) is 13.8. The molecule has 0 aromatic heterocycles. The first-order valence-electron chi connectivity index (χ1n) is 7.61. The molecule has 2 rings (SSSR count). The molecule has 5 nitrogen and oxygen atoms in total. The lowest BCUT2D eigenvalue weighted by atomic mass is 10.1. The van der Waals surface area contributed by atoms with Crippen LogP contribution in [0.5, 0.6) is 0 Å². The number of nitrogens with zero attached hydrogens (tertiary/aromatic N) is 1. The number of alkyl halides is 3. The molecule has 1 amide bonds. The molecule has 1 atom stereocenters. The summed E-state index contributed by atoms with van der Waals surface area (Å²) in [6, 6.07) is 6.15. The molecule has 3 N–H and O–H groups in total. The second kappa shape index (κ2) is 7.92. The summed E-state index contributed by atoms with van der Waals surface area (Å²) in [7, 11) is 0. The smallest absolute Gasteiger partial charge is 0.348 e. The van der Waals surface area contributed by atoms with Crippen molar-refractivity contribution >= 4 is 23.9 Å². The third kappa shape index (κ3) is 6.43. The van der Waals surface area contributed by atoms with Crippen molar-refractivity contribution in [3.63, 3.8) is 0 Å². The van der Waals surface area contributed by atoms with Gasteiger partial charge in [0, 0.05) is 24.1 Å². The van der Waals surface area contributed by atoms with Crippen LogP contribution < -0.4 is 16.0 Å². The summed E-state index contributed by atoms with van der Waals surface area (Å²) in [5.41, 5.74) is -4.15. The van der Waals surface area contributed by atoms with Crippen LogP contribution in [0.25, 0.3) is 0 Å². The fraction of sp³-hybridized carbons (Fsp3) is 0.375. The Kier molecular flexibility index (Phi) is 6.12. The molecule has 0 aliphatic carbocycles. The second-order valence-corrected chi connectivity index (χ2v) is 6.73. The minimum Gasteiger partial charge on any atom is -0.348 e. The number of halogens is 3. The molecule has 1 aliphatic rings. The second-order valence-electron chi connectivity index (χ2n) is 5.60. The van der Waals surface area contributed by atoms with Gasteiger partial charge in [-0.1, -0.05) is 19.1 Å². The van der Waals surface area contributed by atoms with E-state index in [0.29, 0.717) is 18.8 Å². The Bertz CT molecular complexity index is 673. The Balaban J connectivity index is 1.91. The zero-order valence-corrected chi connectivity index (χ0v) is 14.6. The van der Waals surface area contributed by atoms with Crippen molar-refractivity contribution < 1.29 is 18.0 Å². The molecule has 0 radical (unpaired) electrons. The van der Waals surface area contributed by atoms with Crippen LogP contribution in [-0.2, 0) is 11.3 Å². The van der Waals surface area contributed by atoms with Crippen LogP contribution in [0.3, 0.4) is 0 Å². The molecule has 0 bridgehead atoms. The van der Waals surface area contributed by atoms with E-state index >= 15 is 0 Å². The lowest BCUT2D eigenvalue weighted by Gasteiger charge is -2.32. The number of carbonyl (C=O) groups is 1. The highest BCUT2D eigenvalue weighted by Crippen LogP contribution is 2.36. The third-order valence-corrected chi connectivity index (χ3v) is 4.08. The van der Waals surface area contributed by atoms with Crippen LogP contribution in [0.15, 0.2) is 46.2 Å². The maximum absolute atomic E-state index is 12.3. The lowest BCUT2D eigenvalue weighted by Crippen LogP contribution is -2.58. The average Bonchev–Trinajstić information content (AvgIpc) is 2.53. The summed E-state index contributed by atoms with van der Waals surface area (Å²) >= 11 is -0.139. The van der Waals surface area contributed by atoms with Crippen LogP contribution >= 0.6 is 11.8 Å². The Labute approximate surface area is 148 Å². The van der Waals surface area contributed by atoms with Crippen LogP contribution in [0.1, 0.15) is 25.8 Å². The van der Waals surface area contributed by atoms with Crippen LogP contribution in [0, 0.1) is 0 Å². The van der Waals surface area contributed by atoms with E-state index in [1.807, 2.05) is 6.92 Å². The van der Waals surface area contributed by atoms with Gasteiger partial charge in [0.1, 0.15) is 11.5 Å². The number of carbonyl (C=O) groups excluding carboxylic acids is 1. The van der Waals surface area contributed by atoms with Gasteiger partial charge in [0.15, 0.2) is 0 Å². The summed E-state index contributed by atoms with van der Waals surface area (Å²) in [6.07, 6.45) is 3.53. The van der Waals surface area contributed by atoms with Crippen LogP contribution in [0.2, 0.25) is 0 Å². The van der Waals surface area contributed by atoms with Gasteiger partial charge in [-0.2, -0.15) is 13.2 Å². The summed E-state index contributed by atoms with van der Waals surface area (Å²) in [5, 5.41) is 9.04. The molecular formula is C16H19F3N4OS. The summed E-state index contributed by atoms with van der Waals surface area (Å²) in [6.45, 7) is 4.01. The molecule has 1 unspecified atom stereocenters. The van der Waals surface area contributed by atoms with Gasteiger partial charge < -0.3 is 10.6 Å². The van der Waals surface area contributed by atoms with Gasteiger partial charge in [0.05, 0.1) is 6.20 Å². The van der Waals surface area contributed by atoms with Gasteiger partial charge in [0.2, 0.25) is 5.91 Å². The molecule has 0 saturated carbocycles. The Morgan fingerprint density at radius 3 is 2.60 bits per heavy atom. The van der Waals surface area contributed by atoms with E-state index in [-0.39, 0.29) is 22.6 Å². The fourth-order valence-corrected chi connectivity index (χ4v) is 2.63. The van der Waals surface area contributed by atoms with Crippen molar-refractivity contribution in [2.45, 2.75) is 42.9 Å². The largest absolute Gasteiger partial charge is 0.446 e. The van der Waals surface area contributed by atoms with Crippen molar-refractivity contribution in [2.75, 3.05) is 0 Å². The first kappa shape index (κ1) is 19.3. The summed E-state index contributed by atoms with van der Waals surface area (Å²) < 4.78 is 37.0. The zero-order chi connectivity index (χ0) is 18.5. The topological polar surface area (TPSA) is 65.5 Å². The number of rotatable bonds is 6. The minimum atomic E-state index is -4.29. The summed E-state index contributed by atoms with van der Waals surface area (Å²) in [5.74, 6) is 0.359. The van der Waals surface area contributed by atoms with Crippen molar-refractivity contribution in [3.8, 4) is 0 Å². The highest BCUT2D eigenvalue weighted by atomic mass is 32.2. The van der Waals surface area contributed by atoms with Gasteiger partial charge in [0.25, 0.3) is 0 Å². The van der Waals surface area contributed by atoms with Gasteiger partial charge in [-0.15, -0.1) is 0 Å². The predicted octanol–water partition coefficient (Wildman–Crippen LogP) is 3.10. The molecule has 1 aliphatic heterocycles. The Hall–Kier alpha value is -2.00. The number of thioether (sulfide) groups is 1. The van der Waals surface area contributed by atoms with Crippen LogP contribution in [0.4, 0.5) is 13.2 Å².